The van der Waals surface area contributed by atoms with Crippen molar-refractivity contribution in [3.63, 3.8) is 0 Å². The Morgan fingerprint density at radius 2 is 2.00 bits per heavy atom. The molecule has 1 fully saturated rings. The number of hydrogen-bond acceptors (Lipinski definition) is 2. The summed E-state index contributed by atoms with van der Waals surface area (Å²) in [7, 11) is 0. The minimum Gasteiger partial charge on any atom is -0.351 e. The van der Waals surface area contributed by atoms with E-state index in [0.717, 1.165) is 0 Å². The summed E-state index contributed by atoms with van der Waals surface area (Å²) >= 11 is 11.5. The highest BCUT2D eigenvalue weighted by atomic mass is 35.5. The molecule has 1 aromatic rings. The van der Waals surface area contributed by atoms with Crippen molar-refractivity contribution in [2.75, 3.05) is 6.54 Å². The largest absolute Gasteiger partial charge is 0.351 e. The monoisotopic (exact) mass is 272 g/mol. The maximum absolute atomic E-state index is 11.9. The lowest BCUT2D eigenvalue weighted by Crippen LogP contribution is -2.39. The van der Waals surface area contributed by atoms with E-state index in [9.17, 15) is 4.79 Å². The maximum atomic E-state index is 11.9. The molecule has 0 bridgehead atoms. The van der Waals surface area contributed by atoms with E-state index in [2.05, 4.69) is 17.2 Å². The molecular formula is C12H14Cl2N2O. The van der Waals surface area contributed by atoms with Gasteiger partial charge in [-0.1, -0.05) is 36.5 Å². The predicted octanol–water partition coefficient (Wildman–Crippen LogP) is 3.31. The van der Waals surface area contributed by atoms with Crippen molar-refractivity contribution >= 4 is 29.1 Å². The topological polar surface area (TPSA) is 42.0 Å². The highest BCUT2D eigenvalue weighted by Crippen LogP contribution is 2.39. The third-order valence-corrected chi connectivity index (χ3v) is 3.65. The number of halogens is 2. The molecule has 1 aliphatic carbocycles. The molecule has 0 radical (unpaired) electrons. The molecule has 3 nitrogen and oxygen atoms in total. The van der Waals surface area contributed by atoms with Gasteiger partial charge in [0.1, 0.15) is 10.3 Å². The van der Waals surface area contributed by atoms with E-state index >= 15 is 0 Å². The lowest BCUT2D eigenvalue weighted by molar-refractivity contribution is 0.0890. The zero-order valence-corrected chi connectivity index (χ0v) is 11.1. The van der Waals surface area contributed by atoms with Gasteiger partial charge in [0, 0.05) is 12.1 Å². The van der Waals surface area contributed by atoms with Crippen LogP contribution >= 0.6 is 23.2 Å². The number of rotatable bonds is 3. The number of pyridine rings is 1. The van der Waals surface area contributed by atoms with E-state index in [1.165, 1.54) is 31.4 Å². The molecule has 2 rings (SSSR count). The van der Waals surface area contributed by atoms with Gasteiger partial charge in [0.25, 0.3) is 5.91 Å². The maximum Gasteiger partial charge on any atom is 0.251 e. The second-order valence-corrected chi connectivity index (χ2v) is 5.62. The van der Waals surface area contributed by atoms with Gasteiger partial charge in [0.05, 0.1) is 0 Å². The lowest BCUT2D eigenvalue weighted by Gasteiger charge is -2.38. The first-order chi connectivity index (χ1) is 7.98. The average Bonchev–Trinajstić information content (AvgIpc) is 2.22. The summed E-state index contributed by atoms with van der Waals surface area (Å²) in [6.07, 6.45) is 3.59. The third-order valence-electron chi connectivity index (χ3n) is 3.26. The molecule has 0 saturated heterocycles. The summed E-state index contributed by atoms with van der Waals surface area (Å²) in [5, 5.41) is 3.38. The van der Waals surface area contributed by atoms with Crippen molar-refractivity contribution in [3.05, 3.63) is 28.0 Å². The van der Waals surface area contributed by atoms with Gasteiger partial charge >= 0.3 is 0 Å². The third kappa shape index (κ3) is 3.11. The predicted molar refractivity (Wildman–Crippen MR) is 68.5 cm³/mol. The number of carbonyl (C=O) groups is 1. The molecule has 0 unspecified atom stereocenters. The van der Waals surface area contributed by atoms with E-state index in [4.69, 9.17) is 23.2 Å². The first kappa shape index (κ1) is 12.7. The molecule has 92 valence electrons. The second kappa shape index (κ2) is 4.83. The Morgan fingerprint density at radius 3 is 2.47 bits per heavy atom. The summed E-state index contributed by atoms with van der Waals surface area (Å²) in [4.78, 5) is 15.7. The van der Waals surface area contributed by atoms with Crippen molar-refractivity contribution < 1.29 is 4.79 Å². The van der Waals surface area contributed by atoms with Crippen LogP contribution in [0.5, 0.6) is 0 Å². The minimum absolute atomic E-state index is 0.149. The molecule has 5 heteroatoms. The molecule has 1 saturated carbocycles. The Bertz CT molecular complexity index is 424. The quantitative estimate of drug-likeness (QED) is 0.858. The normalized spacial score (nSPS) is 17.4. The fourth-order valence-electron chi connectivity index (χ4n) is 1.95. The zero-order chi connectivity index (χ0) is 12.5. The molecule has 1 N–H and O–H groups in total. The van der Waals surface area contributed by atoms with Crippen molar-refractivity contribution in [2.45, 2.75) is 26.2 Å². The number of carbonyl (C=O) groups excluding carboxylic acids is 1. The van der Waals surface area contributed by atoms with E-state index < -0.39 is 0 Å². The summed E-state index contributed by atoms with van der Waals surface area (Å²) in [5.74, 6) is -0.149. The van der Waals surface area contributed by atoms with Crippen LogP contribution in [0.3, 0.4) is 0 Å². The second-order valence-electron chi connectivity index (χ2n) is 4.85. The Kier molecular flexibility index (Phi) is 3.59. The van der Waals surface area contributed by atoms with E-state index in [0.29, 0.717) is 12.1 Å². The standard InChI is InChI=1S/C12H14Cl2N2O/c1-12(3-2-4-12)7-15-11(17)8-5-9(13)16-10(14)6-8/h5-6H,2-4,7H2,1H3,(H,15,17). The van der Waals surface area contributed by atoms with Gasteiger partial charge in [-0.15, -0.1) is 0 Å². The van der Waals surface area contributed by atoms with Crippen LogP contribution in [0.25, 0.3) is 0 Å². The van der Waals surface area contributed by atoms with Gasteiger partial charge in [-0.3, -0.25) is 4.79 Å². The molecular weight excluding hydrogens is 259 g/mol. The Hall–Kier alpha value is -0.800. The van der Waals surface area contributed by atoms with Gasteiger partial charge in [-0.2, -0.15) is 0 Å². The summed E-state index contributed by atoms with van der Waals surface area (Å²) < 4.78 is 0. The molecule has 0 aliphatic heterocycles. The molecule has 0 spiro atoms. The smallest absolute Gasteiger partial charge is 0.251 e. The van der Waals surface area contributed by atoms with Gasteiger partial charge in [0.2, 0.25) is 0 Å². The van der Waals surface area contributed by atoms with Crippen LogP contribution in [0, 0.1) is 5.41 Å². The van der Waals surface area contributed by atoms with Crippen molar-refractivity contribution in [2.24, 2.45) is 5.41 Å². The van der Waals surface area contributed by atoms with E-state index in [1.807, 2.05) is 0 Å². The van der Waals surface area contributed by atoms with Crippen molar-refractivity contribution in [3.8, 4) is 0 Å². The molecule has 1 aromatic heterocycles. The first-order valence-electron chi connectivity index (χ1n) is 5.60. The van der Waals surface area contributed by atoms with Crippen LogP contribution in [0.1, 0.15) is 36.5 Å². The highest BCUT2D eigenvalue weighted by molar-refractivity contribution is 6.33. The summed E-state index contributed by atoms with van der Waals surface area (Å²) in [5.41, 5.74) is 0.717. The highest BCUT2D eigenvalue weighted by Gasteiger charge is 2.31. The fourth-order valence-corrected chi connectivity index (χ4v) is 2.41. The zero-order valence-electron chi connectivity index (χ0n) is 9.59. The van der Waals surface area contributed by atoms with E-state index in [1.54, 1.807) is 0 Å². The summed E-state index contributed by atoms with van der Waals surface area (Å²) in [6, 6.07) is 3.04. The average molecular weight is 273 g/mol. The minimum atomic E-state index is -0.149. The number of aromatic nitrogens is 1. The molecule has 1 amide bonds. The molecule has 0 atom stereocenters. The number of nitrogens with one attached hydrogen (secondary N) is 1. The van der Waals surface area contributed by atoms with Crippen LogP contribution < -0.4 is 5.32 Å². The van der Waals surface area contributed by atoms with Crippen molar-refractivity contribution in [1.82, 2.24) is 10.3 Å². The summed E-state index contributed by atoms with van der Waals surface area (Å²) in [6.45, 7) is 2.88. The lowest BCUT2D eigenvalue weighted by atomic mass is 9.70. The number of amides is 1. The molecule has 17 heavy (non-hydrogen) atoms. The van der Waals surface area contributed by atoms with Gasteiger partial charge in [-0.05, 0) is 30.4 Å². The molecule has 1 heterocycles. The molecule has 1 aliphatic rings. The molecule has 0 aromatic carbocycles. The number of nitrogens with zero attached hydrogens (tertiary/aromatic N) is 1. The van der Waals surface area contributed by atoms with Crippen LogP contribution in [0.2, 0.25) is 10.3 Å². The van der Waals surface area contributed by atoms with Crippen LogP contribution in [0.4, 0.5) is 0 Å². The van der Waals surface area contributed by atoms with Gasteiger partial charge < -0.3 is 5.32 Å². The first-order valence-corrected chi connectivity index (χ1v) is 6.35. The fraction of sp³-hybridized carbons (Fsp3) is 0.500. The Balaban J connectivity index is 1.99. The van der Waals surface area contributed by atoms with E-state index in [-0.39, 0.29) is 21.6 Å². The van der Waals surface area contributed by atoms with Gasteiger partial charge in [0.15, 0.2) is 0 Å². The van der Waals surface area contributed by atoms with Crippen LogP contribution in [-0.4, -0.2) is 17.4 Å². The number of hydrogen-bond donors (Lipinski definition) is 1. The van der Waals surface area contributed by atoms with Gasteiger partial charge in [-0.25, -0.2) is 4.98 Å². The Morgan fingerprint density at radius 1 is 1.41 bits per heavy atom. The van der Waals surface area contributed by atoms with Crippen LogP contribution in [-0.2, 0) is 0 Å². The van der Waals surface area contributed by atoms with Crippen molar-refractivity contribution in [1.29, 1.82) is 0 Å². The SMILES string of the molecule is CC1(CNC(=O)c2cc(Cl)nc(Cl)c2)CCC1. The van der Waals surface area contributed by atoms with Crippen LogP contribution in [0.15, 0.2) is 12.1 Å². The Labute approximate surface area is 111 Å².